The molecule has 1 aliphatic heterocycles. The van der Waals surface area contributed by atoms with Crippen LogP contribution in [0.25, 0.3) is 0 Å². The van der Waals surface area contributed by atoms with E-state index in [1.54, 1.807) is 0 Å². The lowest BCUT2D eigenvalue weighted by molar-refractivity contribution is -0.136. The topological polar surface area (TPSA) is 46.3 Å². The van der Waals surface area contributed by atoms with Gasteiger partial charge in [-0.05, 0) is 31.6 Å². The Kier molecular flexibility index (Phi) is 4.78. The summed E-state index contributed by atoms with van der Waals surface area (Å²) in [7, 11) is 0. The molecule has 0 aromatic rings. The Labute approximate surface area is 99.4 Å². The number of amides is 1. The predicted octanol–water partition coefficient (Wildman–Crippen LogP) is 2.01. The van der Waals surface area contributed by atoms with Gasteiger partial charge < -0.3 is 10.6 Å². The number of nitrogens with zero attached hydrogens (tertiary/aromatic N) is 1. The van der Waals surface area contributed by atoms with Crippen LogP contribution in [0.5, 0.6) is 0 Å². The molecule has 0 saturated carbocycles. The number of nitrogens with two attached hydrogens (primary N) is 1. The molecular formula is C13H26N2O. The summed E-state index contributed by atoms with van der Waals surface area (Å²) in [6.45, 7) is 9.44. The molecule has 94 valence electrons. The van der Waals surface area contributed by atoms with Crippen molar-refractivity contribution in [3.05, 3.63) is 0 Å². The summed E-state index contributed by atoms with van der Waals surface area (Å²) in [6.07, 6.45) is 2.87. The van der Waals surface area contributed by atoms with Crippen LogP contribution < -0.4 is 5.73 Å². The molecule has 3 atom stereocenters. The van der Waals surface area contributed by atoms with E-state index in [0.717, 1.165) is 13.0 Å². The van der Waals surface area contributed by atoms with Gasteiger partial charge in [0.05, 0.1) is 0 Å². The minimum Gasteiger partial charge on any atom is -0.340 e. The third-order valence-corrected chi connectivity index (χ3v) is 3.96. The summed E-state index contributed by atoms with van der Waals surface area (Å²) in [4.78, 5) is 14.1. The van der Waals surface area contributed by atoms with Crippen LogP contribution in [0.3, 0.4) is 0 Å². The molecule has 1 aliphatic rings. The van der Waals surface area contributed by atoms with Crippen LogP contribution in [0, 0.1) is 11.8 Å². The van der Waals surface area contributed by atoms with Gasteiger partial charge in [-0.15, -0.1) is 0 Å². The minimum atomic E-state index is -0.00284. The summed E-state index contributed by atoms with van der Waals surface area (Å²) in [5.74, 6) is 1.23. The van der Waals surface area contributed by atoms with E-state index >= 15 is 0 Å². The Morgan fingerprint density at radius 3 is 2.62 bits per heavy atom. The number of likely N-dealkylation sites (tertiary alicyclic amines) is 1. The summed E-state index contributed by atoms with van der Waals surface area (Å²) in [5, 5.41) is 0. The van der Waals surface area contributed by atoms with Gasteiger partial charge in [-0.3, -0.25) is 4.79 Å². The Bertz CT molecular complexity index is 240. The molecule has 0 aliphatic carbocycles. The molecule has 3 nitrogen and oxygen atoms in total. The van der Waals surface area contributed by atoms with Gasteiger partial charge in [-0.1, -0.05) is 20.8 Å². The first kappa shape index (κ1) is 13.5. The third-order valence-electron chi connectivity index (χ3n) is 3.96. The second kappa shape index (κ2) is 5.67. The van der Waals surface area contributed by atoms with Gasteiger partial charge in [0.15, 0.2) is 0 Å². The molecule has 0 radical (unpaired) electrons. The van der Waals surface area contributed by atoms with Crippen molar-refractivity contribution in [2.75, 3.05) is 6.54 Å². The van der Waals surface area contributed by atoms with Gasteiger partial charge in [0.25, 0.3) is 0 Å². The summed E-state index contributed by atoms with van der Waals surface area (Å²) >= 11 is 0. The molecule has 1 fully saturated rings. The highest BCUT2D eigenvalue weighted by Crippen LogP contribution is 2.23. The van der Waals surface area contributed by atoms with Gasteiger partial charge in [-0.2, -0.15) is 0 Å². The standard InChI is InChI=1S/C13H26N2O/c1-9(2)12(14)8-13(16)15-7-5-6-10(3)11(15)4/h9-12H,5-8,14H2,1-4H3. The van der Waals surface area contributed by atoms with E-state index in [1.807, 2.05) is 4.90 Å². The summed E-state index contributed by atoms with van der Waals surface area (Å²) in [5.41, 5.74) is 5.96. The minimum absolute atomic E-state index is 0.00284. The van der Waals surface area contributed by atoms with Crippen molar-refractivity contribution < 1.29 is 4.79 Å². The molecule has 1 heterocycles. The molecule has 16 heavy (non-hydrogen) atoms. The van der Waals surface area contributed by atoms with Crippen molar-refractivity contribution in [3.8, 4) is 0 Å². The van der Waals surface area contributed by atoms with Crippen LogP contribution in [0.4, 0.5) is 0 Å². The normalized spacial score (nSPS) is 28.2. The van der Waals surface area contributed by atoms with Crippen molar-refractivity contribution in [1.29, 1.82) is 0 Å². The van der Waals surface area contributed by atoms with Crippen LogP contribution in [0.15, 0.2) is 0 Å². The Hall–Kier alpha value is -0.570. The quantitative estimate of drug-likeness (QED) is 0.800. The molecule has 1 rings (SSSR count). The maximum absolute atomic E-state index is 12.1. The fraction of sp³-hybridized carbons (Fsp3) is 0.923. The Morgan fingerprint density at radius 2 is 2.06 bits per heavy atom. The van der Waals surface area contributed by atoms with E-state index in [0.29, 0.717) is 24.3 Å². The molecule has 0 bridgehead atoms. The maximum Gasteiger partial charge on any atom is 0.224 e. The zero-order valence-corrected chi connectivity index (χ0v) is 11.1. The number of carbonyl (C=O) groups is 1. The van der Waals surface area contributed by atoms with E-state index in [2.05, 4.69) is 27.7 Å². The Morgan fingerprint density at radius 1 is 1.44 bits per heavy atom. The monoisotopic (exact) mass is 226 g/mol. The van der Waals surface area contributed by atoms with E-state index in [4.69, 9.17) is 5.73 Å². The first-order chi connectivity index (χ1) is 7.43. The van der Waals surface area contributed by atoms with Crippen molar-refractivity contribution in [1.82, 2.24) is 4.90 Å². The van der Waals surface area contributed by atoms with Crippen LogP contribution in [0.2, 0.25) is 0 Å². The highest BCUT2D eigenvalue weighted by atomic mass is 16.2. The summed E-state index contributed by atoms with van der Waals surface area (Å²) < 4.78 is 0. The first-order valence-corrected chi connectivity index (χ1v) is 6.48. The van der Waals surface area contributed by atoms with Crippen molar-refractivity contribution in [3.63, 3.8) is 0 Å². The van der Waals surface area contributed by atoms with Crippen molar-refractivity contribution in [2.45, 2.75) is 59.0 Å². The molecule has 0 aromatic carbocycles. The van der Waals surface area contributed by atoms with Gasteiger partial charge in [0, 0.05) is 25.0 Å². The van der Waals surface area contributed by atoms with E-state index in [1.165, 1.54) is 6.42 Å². The third kappa shape index (κ3) is 3.21. The van der Waals surface area contributed by atoms with Crippen molar-refractivity contribution >= 4 is 5.91 Å². The Balaban J connectivity index is 2.52. The molecule has 3 unspecified atom stereocenters. The molecular weight excluding hydrogens is 200 g/mol. The molecule has 3 heteroatoms. The zero-order chi connectivity index (χ0) is 12.3. The maximum atomic E-state index is 12.1. The number of rotatable bonds is 3. The number of piperidine rings is 1. The molecule has 1 saturated heterocycles. The second-order valence-corrected chi connectivity index (χ2v) is 5.56. The lowest BCUT2D eigenvalue weighted by Crippen LogP contribution is -2.48. The lowest BCUT2D eigenvalue weighted by atomic mass is 9.91. The largest absolute Gasteiger partial charge is 0.340 e. The van der Waals surface area contributed by atoms with E-state index in [-0.39, 0.29) is 11.9 Å². The molecule has 0 aromatic heterocycles. The van der Waals surface area contributed by atoms with Gasteiger partial charge in [-0.25, -0.2) is 0 Å². The average Bonchev–Trinajstić information content (AvgIpc) is 2.21. The highest BCUT2D eigenvalue weighted by Gasteiger charge is 2.29. The van der Waals surface area contributed by atoms with Crippen LogP contribution >= 0.6 is 0 Å². The van der Waals surface area contributed by atoms with Gasteiger partial charge in [0.1, 0.15) is 0 Å². The van der Waals surface area contributed by atoms with E-state index in [9.17, 15) is 4.79 Å². The number of carbonyl (C=O) groups excluding carboxylic acids is 1. The fourth-order valence-corrected chi connectivity index (χ4v) is 2.24. The first-order valence-electron chi connectivity index (χ1n) is 6.48. The summed E-state index contributed by atoms with van der Waals surface area (Å²) in [6, 6.07) is 0.373. The predicted molar refractivity (Wildman–Crippen MR) is 67.0 cm³/mol. The molecule has 1 amide bonds. The smallest absolute Gasteiger partial charge is 0.224 e. The van der Waals surface area contributed by atoms with Crippen LogP contribution in [-0.4, -0.2) is 29.4 Å². The van der Waals surface area contributed by atoms with Crippen LogP contribution in [0.1, 0.15) is 47.0 Å². The number of hydrogen-bond donors (Lipinski definition) is 1. The SMILES string of the molecule is CC(C)C(N)CC(=O)N1CCCC(C)C1C. The molecule has 2 N–H and O–H groups in total. The average molecular weight is 226 g/mol. The van der Waals surface area contributed by atoms with E-state index < -0.39 is 0 Å². The van der Waals surface area contributed by atoms with Gasteiger partial charge >= 0.3 is 0 Å². The lowest BCUT2D eigenvalue weighted by Gasteiger charge is -2.38. The van der Waals surface area contributed by atoms with Crippen LogP contribution in [-0.2, 0) is 4.79 Å². The zero-order valence-electron chi connectivity index (χ0n) is 11.1. The number of hydrogen-bond acceptors (Lipinski definition) is 2. The fourth-order valence-electron chi connectivity index (χ4n) is 2.24. The van der Waals surface area contributed by atoms with Crippen molar-refractivity contribution in [2.24, 2.45) is 17.6 Å². The highest BCUT2D eigenvalue weighted by molar-refractivity contribution is 5.77. The second-order valence-electron chi connectivity index (χ2n) is 5.56. The van der Waals surface area contributed by atoms with Gasteiger partial charge in [0.2, 0.25) is 5.91 Å². The molecule has 0 spiro atoms.